The summed E-state index contributed by atoms with van der Waals surface area (Å²) in [5, 5.41) is 13.0. The molecule has 2 rings (SSSR count). The van der Waals surface area contributed by atoms with Crippen LogP contribution in [0.15, 0.2) is 33.7 Å². The molecule has 0 unspecified atom stereocenters. The van der Waals surface area contributed by atoms with Crippen molar-refractivity contribution >= 4 is 45.3 Å². The molecule has 6 N–H and O–H groups in total. The normalized spacial score (nSPS) is 18.8. The van der Waals surface area contributed by atoms with Gasteiger partial charge in [0.1, 0.15) is 12.7 Å². The Hall–Kier alpha value is -2.86. The maximum Gasteiger partial charge on any atom is 0.251 e. The molecule has 0 radical (unpaired) electrons. The third kappa shape index (κ3) is 8.89. The molecule has 2 amide bonds. The predicted molar refractivity (Wildman–Crippen MR) is 140 cm³/mol. The predicted octanol–water partition coefficient (Wildman–Crippen LogP) is 1.33. The zero-order valence-corrected chi connectivity index (χ0v) is 22.6. The van der Waals surface area contributed by atoms with Gasteiger partial charge in [-0.1, -0.05) is 29.8 Å². The van der Waals surface area contributed by atoms with Crippen molar-refractivity contribution in [2.24, 2.45) is 28.3 Å². The Morgan fingerprint density at radius 1 is 1.22 bits per heavy atom. The average molecular weight is 584 g/mol. The van der Waals surface area contributed by atoms with Crippen LogP contribution in [0.1, 0.15) is 49.9 Å². The van der Waals surface area contributed by atoms with Gasteiger partial charge < -0.3 is 26.8 Å². The van der Waals surface area contributed by atoms with E-state index < -0.39 is 54.2 Å². The van der Waals surface area contributed by atoms with E-state index in [1.807, 2.05) is 0 Å². The van der Waals surface area contributed by atoms with Crippen LogP contribution < -0.4 is 16.8 Å². The lowest BCUT2D eigenvalue weighted by Crippen LogP contribution is -2.54. The molecule has 1 aromatic rings. The van der Waals surface area contributed by atoms with Crippen LogP contribution in [0.2, 0.25) is 0 Å². The van der Waals surface area contributed by atoms with Crippen molar-refractivity contribution in [3.05, 3.63) is 34.3 Å². The van der Waals surface area contributed by atoms with E-state index in [-0.39, 0.29) is 44.2 Å². The topological polar surface area (TPSA) is 168 Å². The Labute approximate surface area is 224 Å². The van der Waals surface area contributed by atoms with Gasteiger partial charge in [0.2, 0.25) is 5.91 Å². The number of nitrogens with two attached hydrogens (primary N) is 2. The fraction of sp³-hybridized carbons (Fsp3) is 0.560. The highest BCUT2D eigenvalue weighted by molar-refractivity contribution is 9.10. The van der Waals surface area contributed by atoms with Crippen LogP contribution in [0.25, 0.3) is 0 Å². The molecule has 1 saturated heterocycles. The Kier molecular flexibility index (Phi) is 11.6. The van der Waals surface area contributed by atoms with E-state index in [2.05, 4.69) is 26.2 Å². The summed E-state index contributed by atoms with van der Waals surface area (Å²) in [7, 11) is 0. The number of nitrogens with one attached hydrogen (secondary N) is 1. The molecule has 1 heterocycles. The zero-order chi connectivity index (χ0) is 27.7. The summed E-state index contributed by atoms with van der Waals surface area (Å²) in [5.74, 6) is -3.41. The highest BCUT2D eigenvalue weighted by Gasteiger charge is 2.42. The van der Waals surface area contributed by atoms with E-state index in [9.17, 15) is 28.7 Å². The molecular weight excluding hydrogens is 549 g/mol. The zero-order valence-electron chi connectivity index (χ0n) is 21.0. The number of benzene rings is 1. The van der Waals surface area contributed by atoms with Crippen LogP contribution in [-0.2, 0) is 14.4 Å². The number of amides is 2. The number of hydrogen-bond donors (Lipinski definition) is 4. The molecule has 10 nitrogen and oxygen atoms in total. The molecule has 204 valence electrons. The van der Waals surface area contributed by atoms with E-state index in [4.69, 9.17) is 11.5 Å². The standard InChI is InChI=1S/C25H35BrFN5O5/c1-14(2)22(31-23(36)15-5-7-17(26)8-6-15)24(37)32-13-18(33)11-19(32)20(34)10-16(21(35)12-27)4-3-9-30-25(28)29/h5-8,14,16,18-19,22,33H,3-4,9-13H2,1-2H3,(H,31,36)(H4,28,29,30)/t16-,18-,19+,22+/m1/s1. The van der Waals surface area contributed by atoms with Gasteiger partial charge in [0.25, 0.3) is 5.91 Å². The molecule has 0 aromatic heterocycles. The number of carbonyl (C=O) groups excluding carboxylic acids is 4. The molecule has 1 aliphatic heterocycles. The fourth-order valence-electron chi connectivity index (χ4n) is 4.29. The summed E-state index contributed by atoms with van der Waals surface area (Å²) in [6.45, 7) is 2.46. The first-order chi connectivity index (χ1) is 17.4. The second-order valence-corrected chi connectivity index (χ2v) is 10.4. The quantitative estimate of drug-likeness (QED) is 0.154. The highest BCUT2D eigenvalue weighted by Crippen LogP contribution is 2.25. The van der Waals surface area contributed by atoms with Crippen molar-refractivity contribution in [1.29, 1.82) is 0 Å². The number of aliphatic imine (C=N–C) groups is 1. The third-order valence-corrected chi connectivity index (χ3v) is 6.83. The highest BCUT2D eigenvalue weighted by atomic mass is 79.9. The van der Waals surface area contributed by atoms with Crippen molar-refractivity contribution in [1.82, 2.24) is 10.2 Å². The minimum Gasteiger partial charge on any atom is -0.391 e. The number of Topliss-reactive ketones (excluding diaryl/α,β-unsaturated/α-hetero) is 2. The van der Waals surface area contributed by atoms with Crippen molar-refractivity contribution in [2.75, 3.05) is 19.8 Å². The summed E-state index contributed by atoms with van der Waals surface area (Å²) >= 11 is 3.31. The SMILES string of the molecule is CC(C)[C@H](NC(=O)c1ccc(Br)cc1)C(=O)N1C[C@H](O)C[C@H]1C(=O)C[C@@H](CCCN=C(N)N)C(=O)CF. The summed E-state index contributed by atoms with van der Waals surface area (Å²) in [4.78, 5) is 56.7. The summed E-state index contributed by atoms with van der Waals surface area (Å²) < 4.78 is 14.0. The van der Waals surface area contributed by atoms with Gasteiger partial charge in [0.05, 0.1) is 12.1 Å². The Morgan fingerprint density at radius 3 is 2.43 bits per heavy atom. The van der Waals surface area contributed by atoms with Crippen LogP contribution in [0.5, 0.6) is 0 Å². The molecule has 1 aromatic carbocycles. The lowest BCUT2D eigenvalue weighted by molar-refractivity contribution is -0.140. The minimum atomic E-state index is -1.21. The number of halogens is 2. The van der Waals surface area contributed by atoms with E-state index >= 15 is 0 Å². The van der Waals surface area contributed by atoms with Gasteiger partial charge in [-0.05, 0) is 43.0 Å². The van der Waals surface area contributed by atoms with E-state index in [1.165, 1.54) is 4.90 Å². The second kappa shape index (κ2) is 14.2. The minimum absolute atomic E-state index is 0.000578. The summed E-state index contributed by atoms with van der Waals surface area (Å²) in [5.41, 5.74) is 10.9. The number of rotatable bonds is 13. The number of β-amino-alcohol motifs (C(OH)–C–C–N with tert-alkyl or cyclic N) is 1. The van der Waals surface area contributed by atoms with Crippen molar-refractivity contribution in [3.8, 4) is 0 Å². The van der Waals surface area contributed by atoms with Gasteiger partial charge in [-0.2, -0.15) is 0 Å². The van der Waals surface area contributed by atoms with Crippen LogP contribution in [0.3, 0.4) is 0 Å². The lowest BCUT2D eigenvalue weighted by Gasteiger charge is -2.31. The van der Waals surface area contributed by atoms with E-state index in [0.717, 1.165) is 4.47 Å². The van der Waals surface area contributed by atoms with Gasteiger partial charge >= 0.3 is 0 Å². The molecular formula is C25H35BrFN5O5. The monoisotopic (exact) mass is 583 g/mol. The van der Waals surface area contributed by atoms with Crippen LogP contribution in [0, 0.1) is 11.8 Å². The van der Waals surface area contributed by atoms with Gasteiger partial charge in [0, 0.05) is 41.9 Å². The van der Waals surface area contributed by atoms with Gasteiger partial charge in [-0.3, -0.25) is 24.2 Å². The molecule has 4 atom stereocenters. The Bertz CT molecular complexity index is 1000. The molecule has 1 fully saturated rings. The number of guanidine groups is 1. The Balaban J connectivity index is 2.15. The second-order valence-electron chi connectivity index (χ2n) is 9.51. The number of hydrogen-bond acceptors (Lipinski definition) is 6. The lowest BCUT2D eigenvalue weighted by atomic mass is 9.90. The largest absolute Gasteiger partial charge is 0.391 e. The van der Waals surface area contributed by atoms with Crippen molar-refractivity contribution in [3.63, 3.8) is 0 Å². The van der Waals surface area contributed by atoms with Gasteiger partial charge in [0.15, 0.2) is 17.5 Å². The first kappa shape index (κ1) is 30.4. The molecule has 0 spiro atoms. The number of ketones is 2. The number of nitrogens with zero attached hydrogens (tertiary/aromatic N) is 2. The number of likely N-dealkylation sites (tertiary alicyclic amines) is 1. The average Bonchev–Trinajstić information content (AvgIpc) is 3.25. The summed E-state index contributed by atoms with van der Waals surface area (Å²) in [6.07, 6.45) is -0.643. The number of aliphatic hydroxyl groups excluding tert-OH is 1. The number of aliphatic hydroxyl groups is 1. The molecule has 0 aliphatic carbocycles. The molecule has 0 bridgehead atoms. The fourth-order valence-corrected chi connectivity index (χ4v) is 4.56. The Morgan fingerprint density at radius 2 is 1.86 bits per heavy atom. The van der Waals surface area contributed by atoms with E-state index in [1.54, 1.807) is 38.1 Å². The van der Waals surface area contributed by atoms with Gasteiger partial charge in [-0.25, -0.2) is 4.39 Å². The number of alkyl halides is 1. The molecule has 1 aliphatic rings. The van der Waals surface area contributed by atoms with Crippen LogP contribution in [0.4, 0.5) is 4.39 Å². The first-order valence-electron chi connectivity index (χ1n) is 12.2. The molecule has 0 saturated carbocycles. The first-order valence-corrected chi connectivity index (χ1v) is 13.0. The summed E-state index contributed by atoms with van der Waals surface area (Å²) in [6, 6.07) is 4.71. The van der Waals surface area contributed by atoms with Crippen molar-refractivity contribution < 1.29 is 28.7 Å². The maximum atomic E-state index is 13.5. The maximum absolute atomic E-state index is 13.5. The number of carbonyl (C=O) groups is 4. The third-order valence-electron chi connectivity index (χ3n) is 6.30. The molecule has 37 heavy (non-hydrogen) atoms. The molecule has 12 heteroatoms. The smallest absolute Gasteiger partial charge is 0.251 e. The van der Waals surface area contributed by atoms with E-state index in [0.29, 0.717) is 12.0 Å². The van der Waals surface area contributed by atoms with Crippen LogP contribution in [-0.4, -0.2) is 77.3 Å². The van der Waals surface area contributed by atoms with Crippen LogP contribution >= 0.6 is 15.9 Å². The van der Waals surface area contributed by atoms with Gasteiger partial charge in [-0.15, -0.1) is 0 Å². The van der Waals surface area contributed by atoms with Crippen molar-refractivity contribution in [2.45, 2.75) is 57.7 Å².